The minimum Gasteiger partial charge on any atom is -0.337 e. The molecule has 1 N–H and O–H groups in total. The zero-order valence-electron chi connectivity index (χ0n) is 10.1. The van der Waals surface area contributed by atoms with E-state index >= 15 is 0 Å². The van der Waals surface area contributed by atoms with E-state index in [1.165, 1.54) is 24.5 Å². The maximum Gasteiger partial charge on any atom is 0.147 e. The number of nitrogens with one attached hydrogen (secondary N) is 1. The highest BCUT2D eigenvalue weighted by molar-refractivity contribution is 9.10. The van der Waals surface area contributed by atoms with Gasteiger partial charge in [0.05, 0.1) is 11.2 Å². The standard InChI is InChI=1S/C14H8BrF2N3/c15-8-1-4-12(11(17)5-8)20-14-10-3-2-9(16)6-13(10)18-7-19-14/h1-7H,(H,18,19,20). The van der Waals surface area contributed by atoms with Gasteiger partial charge in [-0.2, -0.15) is 0 Å². The van der Waals surface area contributed by atoms with Crippen LogP contribution in [-0.4, -0.2) is 9.97 Å². The van der Waals surface area contributed by atoms with Gasteiger partial charge in [-0.1, -0.05) is 15.9 Å². The van der Waals surface area contributed by atoms with E-state index in [0.717, 1.165) is 0 Å². The summed E-state index contributed by atoms with van der Waals surface area (Å²) in [5.74, 6) is -0.360. The Labute approximate surface area is 121 Å². The molecule has 1 aromatic heterocycles. The van der Waals surface area contributed by atoms with Gasteiger partial charge in [-0.3, -0.25) is 0 Å². The number of nitrogens with zero attached hydrogens (tertiary/aromatic N) is 2. The topological polar surface area (TPSA) is 37.8 Å². The van der Waals surface area contributed by atoms with Crippen molar-refractivity contribution in [3.63, 3.8) is 0 Å². The maximum absolute atomic E-state index is 13.8. The molecule has 2 aromatic carbocycles. The van der Waals surface area contributed by atoms with Gasteiger partial charge in [0.2, 0.25) is 0 Å². The lowest BCUT2D eigenvalue weighted by atomic mass is 10.2. The number of aromatic nitrogens is 2. The first kappa shape index (κ1) is 12.9. The van der Waals surface area contributed by atoms with E-state index in [1.807, 2.05) is 0 Å². The number of rotatable bonds is 2. The van der Waals surface area contributed by atoms with E-state index in [9.17, 15) is 8.78 Å². The van der Waals surface area contributed by atoms with Gasteiger partial charge in [-0.05, 0) is 30.3 Å². The first-order valence-electron chi connectivity index (χ1n) is 5.76. The zero-order valence-corrected chi connectivity index (χ0v) is 11.7. The molecule has 0 saturated carbocycles. The van der Waals surface area contributed by atoms with Crippen molar-refractivity contribution in [1.82, 2.24) is 9.97 Å². The van der Waals surface area contributed by atoms with E-state index < -0.39 is 5.82 Å². The summed E-state index contributed by atoms with van der Waals surface area (Å²) in [5.41, 5.74) is 0.748. The molecule has 0 aliphatic rings. The highest BCUT2D eigenvalue weighted by atomic mass is 79.9. The molecule has 0 unspecified atom stereocenters. The van der Waals surface area contributed by atoms with Gasteiger partial charge in [-0.25, -0.2) is 18.7 Å². The Morgan fingerprint density at radius 2 is 1.85 bits per heavy atom. The van der Waals surface area contributed by atoms with Gasteiger partial charge >= 0.3 is 0 Å². The third-order valence-electron chi connectivity index (χ3n) is 2.78. The molecule has 0 radical (unpaired) electrons. The number of fused-ring (bicyclic) bond motifs is 1. The first-order chi connectivity index (χ1) is 9.63. The molecule has 3 aromatic rings. The normalized spacial score (nSPS) is 10.8. The van der Waals surface area contributed by atoms with E-state index in [4.69, 9.17) is 0 Å². The predicted octanol–water partition coefficient (Wildman–Crippen LogP) is 4.41. The summed E-state index contributed by atoms with van der Waals surface area (Å²) < 4.78 is 27.6. The van der Waals surface area contributed by atoms with Crippen molar-refractivity contribution >= 4 is 38.3 Å². The van der Waals surface area contributed by atoms with Crippen LogP contribution in [0.3, 0.4) is 0 Å². The molecule has 100 valence electrons. The van der Waals surface area contributed by atoms with Crippen LogP contribution in [0.15, 0.2) is 47.2 Å². The fraction of sp³-hybridized carbons (Fsp3) is 0. The van der Waals surface area contributed by atoms with Crippen LogP contribution >= 0.6 is 15.9 Å². The molecule has 0 aliphatic heterocycles. The summed E-state index contributed by atoms with van der Waals surface area (Å²) in [6.07, 6.45) is 1.31. The second-order valence-electron chi connectivity index (χ2n) is 4.13. The van der Waals surface area contributed by atoms with Crippen molar-refractivity contribution in [3.8, 4) is 0 Å². The first-order valence-corrected chi connectivity index (χ1v) is 6.55. The summed E-state index contributed by atoms with van der Waals surface area (Å²) in [7, 11) is 0. The van der Waals surface area contributed by atoms with Crippen molar-refractivity contribution in [2.75, 3.05) is 5.32 Å². The Morgan fingerprint density at radius 3 is 2.65 bits per heavy atom. The second-order valence-corrected chi connectivity index (χ2v) is 5.05. The Hall–Kier alpha value is -2.08. The lowest BCUT2D eigenvalue weighted by Gasteiger charge is -2.09. The molecule has 3 nitrogen and oxygen atoms in total. The molecule has 6 heteroatoms. The molecule has 0 amide bonds. The molecular weight excluding hydrogens is 328 g/mol. The maximum atomic E-state index is 13.8. The van der Waals surface area contributed by atoms with Crippen molar-refractivity contribution in [1.29, 1.82) is 0 Å². The van der Waals surface area contributed by atoms with Crippen LogP contribution in [0.2, 0.25) is 0 Å². The third-order valence-corrected chi connectivity index (χ3v) is 3.28. The minimum absolute atomic E-state index is 0.289. The Kier molecular flexibility index (Phi) is 3.31. The highest BCUT2D eigenvalue weighted by Crippen LogP contribution is 2.26. The Morgan fingerprint density at radius 1 is 1.00 bits per heavy atom. The summed E-state index contributed by atoms with van der Waals surface area (Å²) in [6.45, 7) is 0. The van der Waals surface area contributed by atoms with E-state index in [1.54, 1.807) is 18.2 Å². The van der Waals surface area contributed by atoms with Crippen LogP contribution in [0.4, 0.5) is 20.3 Å². The van der Waals surface area contributed by atoms with Crippen molar-refractivity contribution in [3.05, 3.63) is 58.8 Å². The van der Waals surface area contributed by atoms with Gasteiger partial charge in [0, 0.05) is 15.9 Å². The lowest BCUT2D eigenvalue weighted by Crippen LogP contribution is -1.98. The lowest BCUT2D eigenvalue weighted by molar-refractivity contribution is 0.629. The van der Waals surface area contributed by atoms with Gasteiger partial charge in [0.1, 0.15) is 23.8 Å². The molecular formula is C14H8BrF2N3. The summed E-state index contributed by atoms with van der Waals surface area (Å²) >= 11 is 3.19. The van der Waals surface area contributed by atoms with Crippen LogP contribution < -0.4 is 5.32 Å². The quantitative estimate of drug-likeness (QED) is 0.753. The predicted molar refractivity (Wildman–Crippen MR) is 76.9 cm³/mol. The van der Waals surface area contributed by atoms with Crippen molar-refractivity contribution < 1.29 is 8.78 Å². The highest BCUT2D eigenvalue weighted by Gasteiger charge is 2.08. The molecule has 3 rings (SSSR count). The second kappa shape index (κ2) is 5.13. The van der Waals surface area contributed by atoms with E-state index in [0.29, 0.717) is 21.2 Å². The van der Waals surface area contributed by atoms with Crippen LogP contribution in [0, 0.1) is 11.6 Å². The minimum atomic E-state index is -0.409. The molecule has 1 heterocycles. The SMILES string of the molecule is Fc1ccc2c(Nc3ccc(Br)cc3F)ncnc2c1. The molecule has 0 atom stereocenters. The van der Waals surface area contributed by atoms with Gasteiger partial charge in [0.25, 0.3) is 0 Å². The fourth-order valence-corrected chi connectivity index (χ4v) is 2.18. The van der Waals surface area contributed by atoms with Gasteiger partial charge in [-0.15, -0.1) is 0 Å². The van der Waals surface area contributed by atoms with Gasteiger partial charge in [0.15, 0.2) is 0 Å². The molecule has 0 bridgehead atoms. The summed E-state index contributed by atoms with van der Waals surface area (Å²) in [6, 6.07) is 8.84. The Balaban J connectivity index is 2.06. The van der Waals surface area contributed by atoms with Gasteiger partial charge < -0.3 is 5.32 Å². The Bertz CT molecular complexity index is 792. The molecule has 0 aliphatic carbocycles. The number of anilines is 2. The average Bonchev–Trinajstić information content (AvgIpc) is 2.41. The summed E-state index contributed by atoms with van der Waals surface area (Å²) in [4.78, 5) is 8.06. The molecule has 0 fully saturated rings. The number of halogens is 3. The third kappa shape index (κ3) is 2.46. The number of hydrogen-bond acceptors (Lipinski definition) is 3. The average molecular weight is 336 g/mol. The number of benzene rings is 2. The van der Waals surface area contributed by atoms with E-state index in [-0.39, 0.29) is 11.5 Å². The molecule has 0 spiro atoms. The van der Waals surface area contributed by atoms with Crippen LogP contribution in [0.1, 0.15) is 0 Å². The van der Waals surface area contributed by atoms with Crippen LogP contribution in [-0.2, 0) is 0 Å². The summed E-state index contributed by atoms with van der Waals surface area (Å²) in [5, 5.41) is 3.51. The van der Waals surface area contributed by atoms with Crippen molar-refractivity contribution in [2.24, 2.45) is 0 Å². The smallest absolute Gasteiger partial charge is 0.147 e. The number of hydrogen-bond donors (Lipinski definition) is 1. The molecule has 0 saturated heterocycles. The molecule has 20 heavy (non-hydrogen) atoms. The fourth-order valence-electron chi connectivity index (χ4n) is 1.85. The van der Waals surface area contributed by atoms with E-state index in [2.05, 4.69) is 31.2 Å². The van der Waals surface area contributed by atoms with Crippen LogP contribution in [0.5, 0.6) is 0 Å². The monoisotopic (exact) mass is 335 g/mol. The largest absolute Gasteiger partial charge is 0.337 e. The zero-order chi connectivity index (χ0) is 14.1. The van der Waals surface area contributed by atoms with Crippen LogP contribution in [0.25, 0.3) is 10.9 Å². The van der Waals surface area contributed by atoms with Crippen molar-refractivity contribution in [2.45, 2.75) is 0 Å².